The summed E-state index contributed by atoms with van der Waals surface area (Å²) in [5.41, 5.74) is 10.0. The average molecular weight is 258 g/mol. The van der Waals surface area contributed by atoms with Crippen molar-refractivity contribution < 1.29 is 0 Å². The van der Waals surface area contributed by atoms with Gasteiger partial charge in [-0.25, -0.2) is 0 Å². The van der Waals surface area contributed by atoms with Gasteiger partial charge in [-0.1, -0.05) is 23.9 Å². The minimum absolute atomic E-state index is 0. The van der Waals surface area contributed by atoms with Gasteiger partial charge >= 0.3 is 0 Å². The maximum absolute atomic E-state index is 4.31. The van der Waals surface area contributed by atoms with E-state index in [0.717, 1.165) is 23.2 Å². The monoisotopic (exact) mass is 257 g/mol. The van der Waals surface area contributed by atoms with Crippen LogP contribution in [0.1, 0.15) is 11.1 Å². The van der Waals surface area contributed by atoms with Crippen LogP contribution in [0.3, 0.4) is 0 Å². The zero-order valence-electron chi connectivity index (χ0n) is 9.41. The van der Waals surface area contributed by atoms with E-state index >= 15 is 0 Å². The summed E-state index contributed by atoms with van der Waals surface area (Å²) in [6.07, 6.45) is 0. The Morgan fingerprint density at radius 2 is 2.06 bits per heavy atom. The first-order valence-corrected chi connectivity index (χ1v) is 6.01. The number of aliphatic imine (C=N–C) groups is 1. The highest BCUT2D eigenvalue weighted by molar-refractivity contribution is 8.14. The number of rotatable bonds is 2. The highest BCUT2D eigenvalue weighted by Gasteiger charge is 2.06. The lowest BCUT2D eigenvalue weighted by Gasteiger charge is -2.12. The number of hydrogen-bond acceptors (Lipinski definition) is 4. The maximum Gasteiger partial charge on any atom is 0.175 e. The molecule has 88 valence electrons. The smallest absolute Gasteiger partial charge is 0.175 e. The quantitative estimate of drug-likeness (QED) is 0.800. The molecule has 0 saturated carbocycles. The van der Waals surface area contributed by atoms with E-state index in [1.807, 2.05) is 0 Å². The number of halogens is 1. The van der Waals surface area contributed by atoms with E-state index < -0.39 is 0 Å². The minimum atomic E-state index is 0. The fourth-order valence-electron chi connectivity index (χ4n) is 1.42. The van der Waals surface area contributed by atoms with E-state index in [4.69, 9.17) is 0 Å². The Labute approximate surface area is 106 Å². The lowest BCUT2D eigenvalue weighted by Crippen LogP contribution is -2.26. The zero-order valence-corrected chi connectivity index (χ0v) is 11.0. The first kappa shape index (κ1) is 13.2. The Bertz CT molecular complexity index is 393. The largest absolute Gasteiger partial charge is 0.299 e. The number of hydrogen-bond donors (Lipinski definition) is 2. The van der Waals surface area contributed by atoms with Gasteiger partial charge in [0, 0.05) is 5.75 Å². The Hall–Kier alpha value is -0.870. The average Bonchev–Trinajstić information content (AvgIpc) is 2.73. The predicted molar refractivity (Wildman–Crippen MR) is 74.7 cm³/mol. The standard InChI is InChI=1S/C11H15N3S.ClH/c1-8-4-3-5-10(9(8)2)13-14-11-12-6-7-15-11;/h3-5,13H,6-7H2,1-2H3,(H,12,14);1H. The summed E-state index contributed by atoms with van der Waals surface area (Å²) in [5.74, 6) is 1.08. The first-order chi connectivity index (χ1) is 7.27. The molecular weight excluding hydrogens is 242 g/mol. The molecule has 3 nitrogen and oxygen atoms in total. The Kier molecular flexibility index (Phi) is 4.96. The highest BCUT2D eigenvalue weighted by atomic mass is 35.5. The van der Waals surface area contributed by atoms with Crippen molar-refractivity contribution >= 4 is 35.0 Å². The zero-order chi connectivity index (χ0) is 10.7. The van der Waals surface area contributed by atoms with E-state index in [1.54, 1.807) is 11.8 Å². The van der Waals surface area contributed by atoms with E-state index in [9.17, 15) is 0 Å². The van der Waals surface area contributed by atoms with Crippen molar-refractivity contribution in [1.82, 2.24) is 5.43 Å². The van der Waals surface area contributed by atoms with E-state index in [0.29, 0.717) is 0 Å². The molecular formula is C11H16ClN3S. The molecule has 0 spiro atoms. The summed E-state index contributed by atoms with van der Waals surface area (Å²) >= 11 is 1.75. The second kappa shape index (κ2) is 6.01. The Morgan fingerprint density at radius 1 is 1.25 bits per heavy atom. The molecule has 16 heavy (non-hydrogen) atoms. The third-order valence-electron chi connectivity index (χ3n) is 2.49. The molecule has 0 saturated heterocycles. The lowest BCUT2D eigenvalue weighted by molar-refractivity contribution is 1.09. The van der Waals surface area contributed by atoms with Crippen LogP contribution in [0.4, 0.5) is 5.69 Å². The molecule has 2 rings (SSSR count). The fourth-order valence-corrected chi connectivity index (χ4v) is 2.10. The SMILES string of the molecule is Cc1cccc(NNC2=NCCS2)c1C.Cl. The van der Waals surface area contributed by atoms with Gasteiger partial charge in [-0.15, -0.1) is 12.4 Å². The van der Waals surface area contributed by atoms with Crippen molar-refractivity contribution in [1.29, 1.82) is 0 Å². The molecule has 1 aromatic carbocycles. The van der Waals surface area contributed by atoms with Gasteiger partial charge in [0.2, 0.25) is 0 Å². The van der Waals surface area contributed by atoms with Crippen molar-refractivity contribution in [2.75, 3.05) is 17.7 Å². The summed E-state index contributed by atoms with van der Waals surface area (Å²) in [5, 5.41) is 0.982. The predicted octanol–water partition coefficient (Wildman–Crippen LogP) is 2.74. The second-order valence-electron chi connectivity index (χ2n) is 3.53. The van der Waals surface area contributed by atoms with Crippen molar-refractivity contribution in [3.63, 3.8) is 0 Å². The van der Waals surface area contributed by atoms with Crippen molar-refractivity contribution in [3.05, 3.63) is 29.3 Å². The molecule has 0 aliphatic carbocycles. The summed E-state index contributed by atoms with van der Waals surface area (Å²) in [7, 11) is 0. The van der Waals surface area contributed by atoms with Crippen LogP contribution >= 0.6 is 24.2 Å². The van der Waals surface area contributed by atoms with Crippen molar-refractivity contribution in [2.24, 2.45) is 4.99 Å². The fraction of sp³-hybridized carbons (Fsp3) is 0.364. The second-order valence-corrected chi connectivity index (χ2v) is 4.62. The van der Waals surface area contributed by atoms with Crippen LogP contribution < -0.4 is 10.9 Å². The van der Waals surface area contributed by atoms with Crippen LogP contribution in [0.15, 0.2) is 23.2 Å². The highest BCUT2D eigenvalue weighted by Crippen LogP contribution is 2.17. The number of amidine groups is 1. The summed E-state index contributed by atoms with van der Waals surface area (Å²) < 4.78 is 0. The van der Waals surface area contributed by atoms with Crippen molar-refractivity contribution in [3.8, 4) is 0 Å². The molecule has 0 unspecified atom stereocenters. The number of thioether (sulfide) groups is 1. The Balaban J connectivity index is 0.00000128. The third kappa shape index (κ3) is 3.06. The first-order valence-electron chi connectivity index (χ1n) is 5.03. The molecule has 5 heteroatoms. The topological polar surface area (TPSA) is 36.4 Å². The number of nitrogens with zero attached hydrogens (tertiary/aromatic N) is 1. The van der Waals surface area contributed by atoms with Gasteiger partial charge in [0.25, 0.3) is 0 Å². The molecule has 0 atom stereocenters. The van der Waals surface area contributed by atoms with Gasteiger partial charge in [0.15, 0.2) is 5.17 Å². The number of aryl methyl sites for hydroxylation is 1. The molecule has 2 N–H and O–H groups in total. The van der Waals surface area contributed by atoms with Crippen LogP contribution in [0, 0.1) is 13.8 Å². The molecule has 1 heterocycles. The summed E-state index contributed by atoms with van der Waals surface area (Å²) in [6.45, 7) is 5.15. The van der Waals surface area contributed by atoms with Crippen LogP contribution in [0.25, 0.3) is 0 Å². The molecule has 1 aromatic rings. The summed E-state index contributed by atoms with van der Waals surface area (Å²) in [6, 6.07) is 6.23. The number of hydrazine groups is 1. The molecule has 1 aliphatic rings. The van der Waals surface area contributed by atoms with Crippen molar-refractivity contribution in [2.45, 2.75) is 13.8 Å². The van der Waals surface area contributed by atoms with E-state index in [1.165, 1.54) is 11.1 Å². The van der Waals surface area contributed by atoms with Gasteiger partial charge in [0.05, 0.1) is 12.2 Å². The number of nitrogens with one attached hydrogen (secondary N) is 2. The molecule has 0 bridgehead atoms. The van der Waals surface area contributed by atoms with Gasteiger partial charge in [0.1, 0.15) is 0 Å². The van der Waals surface area contributed by atoms with Crippen LogP contribution in [0.5, 0.6) is 0 Å². The minimum Gasteiger partial charge on any atom is -0.299 e. The summed E-state index contributed by atoms with van der Waals surface area (Å²) in [4.78, 5) is 4.31. The molecule has 0 aromatic heterocycles. The van der Waals surface area contributed by atoms with E-state index in [2.05, 4.69) is 47.9 Å². The number of anilines is 1. The molecule has 1 aliphatic heterocycles. The van der Waals surface area contributed by atoms with Gasteiger partial charge in [-0.2, -0.15) is 0 Å². The van der Waals surface area contributed by atoms with Gasteiger partial charge < -0.3 is 0 Å². The van der Waals surface area contributed by atoms with Crippen LogP contribution in [-0.2, 0) is 0 Å². The van der Waals surface area contributed by atoms with Crippen LogP contribution in [0.2, 0.25) is 0 Å². The van der Waals surface area contributed by atoms with Gasteiger partial charge in [-0.05, 0) is 31.0 Å². The normalized spacial score (nSPS) is 14.0. The van der Waals surface area contributed by atoms with Gasteiger partial charge in [-0.3, -0.25) is 15.8 Å². The number of benzene rings is 1. The van der Waals surface area contributed by atoms with Crippen LogP contribution in [-0.4, -0.2) is 17.5 Å². The maximum atomic E-state index is 4.31. The van der Waals surface area contributed by atoms with E-state index in [-0.39, 0.29) is 12.4 Å². The molecule has 0 radical (unpaired) electrons. The molecule has 0 fully saturated rings. The third-order valence-corrected chi connectivity index (χ3v) is 3.39. The molecule has 0 amide bonds. The Morgan fingerprint density at radius 3 is 2.75 bits per heavy atom. The lowest BCUT2D eigenvalue weighted by atomic mass is 10.1.